The first kappa shape index (κ1) is 14.5. The average molecular weight is 278 g/mol. The highest BCUT2D eigenvalue weighted by Gasteiger charge is 2.25. The molecule has 1 aliphatic carbocycles. The average Bonchev–Trinajstić information content (AvgIpc) is 2.40. The van der Waals surface area contributed by atoms with Gasteiger partial charge in [0.25, 0.3) is 11.6 Å². The van der Waals surface area contributed by atoms with Crippen molar-refractivity contribution in [1.29, 1.82) is 0 Å². The number of hydrogen-bond acceptors (Lipinski definition) is 4. The lowest BCUT2D eigenvalue weighted by molar-refractivity contribution is -0.384. The van der Waals surface area contributed by atoms with Crippen molar-refractivity contribution in [3.05, 3.63) is 39.4 Å². The molecule has 2 N–H and O–H groups in total. The highest BCUT2D eigenvalue weighted by Crippen LogP contribution is 2.20. The number of amides is 1. The summed E-state index contributed by atoms with van der Waals surface area (Å²) >= 11 is 0. The zero-order chi connectivity index (χ0) is 14.7. The Morgan fingerprint density at radius 1 is 1.35 bits per heavy atom. The van der Waals surface area contributed by atoms with Crippen molar-refractivity contribution < 1.29 is 14.8 Å². The molecule has 0 aliphatic heterocycles. The molecule has 0 spiro atoms. The fourth-order valence-electron chi connectivity index (χ4n) is 2.53. The molecule has 0 heterocycles. The topological polar surface area (TPSA) is 92.5 Å². The van der Waals surface area contributed by atoms with Crippen molar-refractivity contribution in [1.82, 2.24) is 5.32 Å². The minimum absolute atomic E-state index is 0.0978. The van der Waals surface area contributed by atoms with Crippen LogP contribution in [0.25, 0.3) is 0 Å². The van der Waals surface area contributed by atoms with Gasteiger partial charge in [0.1, 0.15) is 0 Å². The molecule has 0 saturated heterocycles. The van der Waals surface area contributed by atoms with E-state index in [-0.39, 0.29) is 23.2 Å². The van der Waals surface area contributed by atoms with Gasteiger partial charge in [-0.05, 0) is 31.4 Å². The molecule has 1 saturated carbocycles. The third-order valence-corrected chi connectivity index (χ3v) is 3.58. The maximum Gasteiger partial charge on any atom is 0.270 e. The molecule has 1 aromatic rings. The predicted octanol–water partition coefficient (Wildman–Crippen LogP) is 1.94. The number of non-ortho nitro benzene ring substituents is 1. The number of hydrogen-bond donors (Lipinski definition) is 2. The second-order valence-electron chi connectivity index (χ2n) is 5.25. The van der Waals surface area contributed by atoms with E-state index in [0.29, 0.717) is 12.0 Å². The van der Waals surface area contributed by atoms with E-state index in [1.54, 1.807) is 13.0 Å². The Labute approximate surface area is 117 Å². The van der Waals surface area contributed by atoms with Gasteiger partial charge in [-0.3, -0.25) is 14.9 Å². The van der Waals surface area contributed by atoms with Crippen LogP contribution < -0.4 is 5.32 Å². The molecule has 1 aliphatic rings. The molecule has 6 nitrogen and oxygen atoms in total. The minimum atomic E-state index is -0.535. The number of carbonyl (C=O) groups excluding carboxylic acids is 1. The van der Waals surface area contributed by atoms with Crippen molar-refractivity contribution in [2.24, 2.45) is 0 Å². The Kier molecular flexibility index (Phi) is 4.34. The summed E-state index contributed by atoms with van der Waals surface area (Å²) in [4.78, 5) is 22.4. The number of rotatable bonds is 3. The molecule has 1 aromatic carbocycles. The first-order valence-electron chi connectivity index (χ1n) is 6.72. The van der Waals surface area contributed by atoms with Gasteiger partial charge in [0.15, 0.2) is 0 Å². The number of nitro groups is 1. The summed E-state index contributed by atoms with van der Waals surface area (Å²) in [6, 6.07) is 4.03. The van der Waals surface area contributed by atoms with Crippen LogP contribution in [-0.4, -0.2) is 28.1 Å². The van der Waals surface area contributed by atoms with Crippen LogP contribution in [0.2, 0.25) is 0 Å². The van der Waals surface area contributed by atoms with E-state index >= 15 is 0 Å². The first-order valence-corrected chi connectivity index (χ1v) is 6.72. The molecule has 6 heteroatoms. The van der Waals surface area contributed by atoms with Gasteiger partial charge >= 0.3 is 0 Å². The molecule has 0 bridgehead atoms. The van der Waals surface area contributed by atoms with Crippen molar-refractivity contribution in [2.75, 3.05) is 0 Å². The van der Waals surface area contributed by atoms with E-state index in [2.05, 4.69) is 5.32 Å². The van der Waals surface area contributed by atoms with Gasteiger partial charge in [0, 0.05) is 17.7 Å². The Hall–Kier alpha value is -1.95. The van der Waals surface area contributed by atoms with E-state index in [0.717, 1.165) is 19.3 Å². The molecule has 0 radical (unpaired) electrons. The monoisotopic (exact) mass is 278 g/mol. The van der Waals surface area contributed by atoms with Gasteiger partial charge in [0.2, 0.25) is 0 Å². The van der Waals surface area contributed by atoms with Gasteiger partial charge < -0.3 is 10.4 Å². The van der Waals surface area contributed by atoms with E-state index < -0.39 is 11.0 Å². The number of aliphatic hydroxyl groups is 1. The molecule has 1 fully saturated rings. The number of aryl methyl sites for hydroxylation is 1. The highest BCUT2D eigenvalue weighted by molar-refractivity contribution is 5.95. The predicted molar refractivity (Wildman–Crippen MR) is 73.6 cm³/mol. The van der Waals surface area contributed by atoms with Gasteiger partial charge in [0.05, 0.1) is 17.1 Å². The summed E-state index contributed by atoms with van der Waals surface area (Å²) in [5, 5.41) is 23.4. The van der Waals surface area contributed by atoms with Gasteiger partial charge in [-0.25, -0.2) is 0 Å². The summed E-state index contributed by atoms with van der Waals surface area (Å²) in [5.41, 5.74) is 0.822. The second-order valence-corrected chi connectivity index (χ2v) is 5.25. The van der Waals surface area contributed by atoms with Crippen LogP contribution in [0.5, 0.6) is 0 Å². The standard InChI is InChI=1S/C14H18N2O4/c1-9-6-10(8-11(7-9)16(19)20)14(18)15-12-4-2-3-5-13(12)17/h6-8,12-13,17H,2-5H2,1H3,(H,15,18)/t12-,13-/m0/s1. The first-order chi connectivity index (χ1) is 9.47. The lowest BCUT2D eigenvalue weighted by Gasteiger charge is -2.28. The van der Waals surface area contributed by atoms with Gasteiger partial charge in [-0.15, -0.1) is 0 Å². The second kappa shape index (κ2) is 6.00. The number of nitrogens with one attached hydrogen (secondary N) is 1. The van der Waals surface area contributed by atoms with Crippen LogP contribution in [0.15, 0.2) is 18.2 Å². The lowest BCUT2D eigenvalue weighted by Crippen LogP contribution is -2.45. The maximum atomic E-state index is 12.1. The lowest BCUT2D eigenvalue weighted by atomic mass is 9.92. The summed E-state index contributed by atoms with van der Waals surface area (Å²) in [5.74, 6) is -0.372. The summed E-state index contributed by atoms with van der Waals surface area (Å²) in [7, 11) is 0. The Morgan fingerprint density at radius 3 is 2.70 bits per heavy atom. The molecular formula is C14H18N2O4. The summed E-state index contributed by atoms with van der Waals surface area (Å²) in [6.45, 7) is 1.71. The zero-order valence-corrected chi connectivity index (χ0v) is 11.3. The Morgan fingerprint density at radius 2 is 2.05 bits per heavy atom. The Balaban J connectivity index is 2.14. The maximum absolute atomic E-state index is 12.1. The fraction of sp³-hybridized carbons (Fsp3) is 0.500. The van der Waals surface area contributed by atoms with E-state index in [1.165, 1.54) is 12.1 Å². The summed E-state index contributed by atoms with van der Waals surface area (Å²) in [6.07, 6.45) is 2.81. The normalized spacial score (nSPS) is 22.3. The van der Waals surface area contributed by atoms with Gasteiger partial charge in [-0.1, -0.05) is 12.8 Å². The highest BCUT2D eigenvalue weighted by atomic mass is 16.6. The van der Waals surface area contributed by atoms with Crippen molar-refractivity contribution in [2.45, 2.75) is 44.8 Å². The van der Waals surface area contributed by atoms with Crippen LogP contribution in [0, 0.1) is 17.0 Å². The van der Waals surface area contributed by atoms with Crippen molar-refractivity contribution in [3.8, 4) is 0 Å². The largest absolute Gasteiger partial charge is 0.391 e. The third-order valence-electron chi connectivity index (χ3n) is 3.58. The summed E-state index contributed by atoms with van der Waals surface area (Å²) < 4.78 is 0. The van der Waals surface area contributed by atoms with Crippen molar-refractivity contribution in [3.63, 3.8) is 0 Å². The van der Waals surface area contributed by atoms with Crippen LogP contribution in [0.1, 0.15) is 41.6 Å². The fourth-order valence-corrected chi connectivity index (χ4v) is 2.53. The molecular weight excluding hydrogens is 260 g/mol. The minimum Gasteiger partial charge on any atom is -0.391 e. The molecule has 0 aromatic heterocycles. The SMILES string of the molecule is Cc1cc(C(=O)N[C@H]2CCCC[C@@H]2O)cc([N+](=O)[O-])c1. The van der Waals surface area contributed by atoms with Crippen LogP contribution in [0.3, 0.4) is 0 Å². The van der Waals surface area contributed by atoms with Gasteiger partial charge in [-0.2, -0.15) is 0 Å². The smallest absolute Gasteiger partial charge is 0.270 e. The number of nitro benzene ring substituents is 1. The molecule has 2 atom stereocenters. The molecule has 2 rings (SSSR count). The number of aliphatic hydroxyl groups excluding tert-OH is 1. The number of carbonyl (C=O) groups is 1. The Bertz CT molecular complexity index is 530. The zero-order valence-electron chi connectivity index (χ0n) is 11.3. The van der Waals surface area contributed by atoms with Crippen LogP contribution >= 0.6 is 0 Å². The molecule has 0 unspecified atom stereocenters. The third kappa shape index (κ3) is 3.33. The quantitative estimate of drug-likeness (QED) is 0.652. The number of nitrogens with zero attached hydrogens (tertiary/aromatic N) is 1. The molecule has 108 valence electrons. The van der Waals surface area contributed by atoms with Crippen molar-refractivity contribution >= 4 is 11.6 Å². The van der Waals surface area contributed by atoms with Crippen LogP contribution in [-0.2, 0) is 0 Å². The van der Waals surface area contributed by atoms with E-state index in [4.69, 9.17) is 0 Å². The molecule has 20 heavy (non-hydrogen) atoms. The van der Waals surface area contributed by atoms with Crippen LogP contribution in [0.4, 0.5) is 5.69 Å². The van der Waals surface area contributed by atoms with E-state index in [1.807, 2.05) is 0 Å². The van der Waals surface area contributed by atoms with E-state index in [9.17, 15) is 20.0 Å². The molecule has 1 amide bonds. The number of benzene rings is 1.